The van der Waals surface area contributed by atoms with Crippen LogP contribution in [0.3, 0.4) is 0 Å². The second-order valence-electron chi connectivity index (χ2n) is 6.46. The molecule has 0 radical (unpaired) electrons. The highest BCUT2D eigenvalue weighted by molar-refractivity contribution is 7.99. The number of benzene rings is 1. The van der Waals surface area contributed by atoms with Gasteiger partial charge in [-0.25, -0.2) is 9.78 Å². The molecule has 0 aliphatic rings. The van der Waals surface area contributed by atoms with Crippen molar-refractivity contribution in [1.82, 2.24) is 20.2 Å². The van der Waals surface area contributed by atoms with E-state index in [0.29, 0.717) is 5.16 Å². The van der Waals surface area contributed by atoms with Crippen LogP contribution in [0.25, 0.3) is 5.69 Å². The zero-order valence-electron chi connectivity index (χ0n) is 14.3. The van der Waals surface area contributed by atoms with Gasteiger partial charge in [0.25, 0.3) is 0 Å². The Morgan fingerprint density at radius 3 is 2.71 bits per heavy atom. The molecule has 0 atom stereocenters. The molecule has 0 aliphatic carbocycles. The average Bonchev–Trinajstić information content (AvgIpc) is 2.91. The lowest BCUT2D eigenvalue weighted by molar-refractivity contribution is -0.117. The van der Waals surface area contributed by atoms with Gasteiger partial charge in [0.2, 0.25) is 5.91 Å². The number of imide groups is 1. The van der Waals surface area contributed by atoms with Crippen LogP contribution in [0.2, 0.25) is 0 Å². The summed E-state index contributed by atoms with van der Waals surface area (Å²) >= 11 is 1.28. The maximum atomic E-state index is 11.9. The number of amides is 3. The zero-order chi connectivity index (χ0) is 17.7. The van der Waals surface area contributed by atoms with E-state index < -0.39 is 6.03 Å². The van der Waals surface area contributed by atoms with Crippen molar-refractivity contribution in [3.8, 4) is 5.69 Å². The number of carbonyl (C=O) groups excluding carboxylic acids is 2. The molecule has 0 bridgehead atoms. The van der Waals surface area contributed by atoms with Crippen LogP contribution in [-0.2, 0) is 4.79 Å². The van der Waals surface area contributed by atoms with Crippen molar-refractivity contribution in [3.63, 3.8) is 0 Å². The Bertz CT molecular complexity index is 734. The van der Waals surface area contributed by atoms with Crippen LogP contribution in [0, 0.1) is 6.92 Å². The molecular weight excluding hydrogens is 324 g/mol. The fourth-order valence-electron chi connectivity index (χ4n) is 2.04. The summed E-state index contributed by atoms with van der Waals surface area (Å²) in [5.74, 6) is -0.249. The molecule has 3 amide bonds. The summed E-state index contributed by atoms with van der Waals surface area (Å²) in [6.07, 6.45) is 3.54. The fraction of sp³-hybridized carbons (Fsp3) is 0.353. The van der Waals surface area contributed by atoms with Crippen molar-refractivity contribution in [3.05, 3.63) is 42.2 Å². The standard InChI is InChI=1S/C17H22N4O2S/c1-12-6-5-7-13(10-12)21-9-8-18-16(21)24-11-14(22)19-15(23)20-17(2,3)4/h5-10H,11H2,1-4H3,(H2,19,20,22,23). The Kier molecular flexibility index (Phi) is 5.66. The van der Waals surface area contributed by atoms with Crippen LogP contribution in [0.15, 0.2) is 41.8 Å². The molecule has 7 heteroatoms. The van der Waals surface area contributed by atoms with Gasteiger partial charge >= 0.3 is 6.03 Å². The second-order valence-corrected chi connectivity index (χ2v) is 7.40. The van der Waals surface area contributed by atoms with Crippen molar-refractivity contribution >= 4 is 23.7 Å². The Morgan fingerprint density at radius 1 is 1.29 bits per heavy atom. The van der Waals surface area contributed by atoms with Crippen molar-refractivity contribution in [2.24, 2.45) is 0 Å². The minimum absolute atomic E-state index is 0.111. The fourth-order valence-corrected chi connectivity index (χ4v) is 2.81. The third-order valence-electron chi connectivity index (χ3n) is 2.96. The summed E-state index contributed by atoms with van der Waals surface area (Å²) < 4.78 is 1.92. The number of aromatic nitrogens is 2. The van der Waals surface area contributed by atoms with E-state index in [-0.39, 0.29) is 17.2 Å². The van der Waals surface area contributed by atoms with Crippen LogP contribution in [0.1, 0.15) is 26.3 Å². The van der Waals surface area contributed by atoms with Gasteiger partial charge in [0.15, 0.2) is 5.16 Å². The number of rotatable bonds is 4. The van der Waals surface area contributed by atoms with E-state index in [1.807, 2.05) is 62.7 Å². The Labute approximate surface area is 146 Å². The van der Waals surface area contributed by atoms with E-state index in [4.69, 9.17) is 0 Å². The Hall–Kier alpha value is -2.28. The lowest BCUT2D eigenvalue weighted by atomic mass is 10.1. The molecule has 1 heterocycles. The Morgan fingerprint density at radius 2 is 2.04 bits per heavy atom. The molecule has 0 aliphatic heterocycles. The smallest absolute Gasteiger partial charge is 0.321 e. The second kappa shape index (κ2) is 7.53. The summed E-state index contributed by atoms with van der Waals surface area (Å²) in [5, 5.41) is 5.71. The lowest BCUT2D eigenvalue weighted by Gasteiger charge is -2.20. The number of urea groups is 1. The summed E-state index contributed by atoms with van der Waals surface area (Å²) in [4.78, 5) is 27.9. The van der Waals surface area contributed by atoms with E-state index in [0.717, 1.165) is 11.3 Å². The van der Waals surface area contributed by atoms with Gasteiger partial charge in [-0.15, -0.1) is 0 Å². The summed E-state index contributed by atoms with van der Waals surface area (Å²) in [7, 11) is 0. The average molecular weight is 346 g/mol. The van der Waals surface area contributed by atoms with Gasteiger partial charge in [-0.1, -0.05) is 23.9 Å². The normalized spacial score (nSPS) is 11.2. The molecular formula is C17H22N4O2S. The van der Waals surface area contributed by atoms with Gasteiger partial charge in [0.05, 0.1) is 5.75 Å². The molecule has 0 saturated carbocycles. The van der Waals surface area contributed by atoms with Crippen molar-refractivity contribution < 1.29 is 9.59 Å². The molecule has 2 aromatic rings. The molecule has 0 fully saturated rings. The highest BCUT2D eigenvalue weighted by Gasteiger charge is 2.16. The third kappa shape index (κ3) is 5.42. The largest absolute Gasteiger partial charge is 0.333 e. The predicted octanol–water partition coefficient (Wildman–Crippen LogP) is 2.90. The van der Waals surface area contributed by atoms with Crippen LogP contribution in [-0.4, -0.2) is 32.8 Å². The SMILES string of the molecule is Cc1cccc(-n2ccnc2SCC(=O)NC(=O)NC(C)(C)C)c1. The zero-order valence-corrected chi connectivity index (χ0v) is 15.1. The van der Waals surface area contributed by atoms with Gasteiger partial charge in [0, 0.05) is 23.6 Å². The van der Waals surface area contributed by atoms with E-state index in [1.165, 1.54) is 11.8 Å². The third-order valence-corrected chi connectivity index (χ3v) is 3.93. The molecule has 2 rings (SSSR count). The first kappa shape index (κ1) is 18.1. The predicted molar refractivity (Wildman–Crippen MR) is 95.5 cm³/mol. The highest BCUT2D eigenvalue weighted by Crippen LogP contribution is 2.20. The maximum Gasteiger partial charge on any atom is 0.321 e. The number of imidazole rings is 1. The van der Waals surface area contributed by atoms with Gasteiger partial charge in [-0.05, 0) is 45.4 Å². The molecule has 6 nitrogen and oxygen atoms in total. The topological polar surface area (TPSA) is 76.0 Å². The maximum absolute atomic E-state index is 11.9. The first-order valence-electron chi connectivity index (χ1n) is 7.60. The molecule has 0 spiro atoms. The van der Waals surface area contributed by atoms with E-state index >= 15 is 0 Å². The van der Waals surface area contributed by atoms with Crippen molar-refractivity contribution in [1.29, 1.82) is 0 Å². The quantitative estimate of drug-likeness (QED) is 0.835. The molecule has 0 unspecified atom stereocenters. The number of nitrogens with zero attached hydrogens (tertiary/aromatic N) is 2. The van der Waals surface area contributed by atoms with E-state index in [2.05, 4.69) is 15.6 Å². The van der Waals surface area contributed by atoms with Gasteiger partial charge in [-0.2, -0.15) is 0 Å². The number of aryl methyl sites for hydroxylation is 1. The van der Waals surface area contributed by atoms with E-state index in [9.17, 15) is 9.59 Å². The molecule has 1 aromatic carbocycles. The van der Waals surface area contributed by atoms with Gasteiger partial charge in [-0.3, -0.25) is 14.7 Å². The summed E-state index contributed by atoms with van der Waals surface area (Å²) in [5.41, 5.74) is 1.74. The first-order chi connectivity index (χ1) is 11.2. The van der Waals surface area contributed by atoms with Crippen molar-refractivity contribution in [2.75, 3.05) is 5.75 Å². The molecule has 24 heavy (non-hydrogen) atoms. The van der Waals surface area contributed by atoms with Gasteiger partial charge < -0.3 is 5.32 Å². The van der Waals surface area contributed by atoms with Crippen molar-refractivity contribution in [2.45, 2.75) is 38.4 Å². The van der Waals surface area contributed by atoms with Crippen LogP contribution in [0.4, 0.5) is 4.79 Å². The number of carbonyl (C=O) groups is 2. The summed E-state index contributed by atoms with van der Waals surface area (Å²) in [6, 6.07) is 7.53. The van der Waals surface area contributed by atoms with Crippen LogP contribution in [0.5, 0.6) is 0 Å². The summed E-state index contributed by atoms with van der Waals surface area (Å²) in [6.45, 7) is 7.58. The minimum Gasteiger partial charge on any atom is -0.333 e. The molecule has 128 valence electrons. The highest BCUT2D eigenvalue weighted by atomic mass is 32.2. The number of thioether (sulfide) groups is 1. The van der Waals surface area contributed by atoms with Crippen LogP contribution >= 0.6 is 11.8 Å². The molecule has 1 aromatic heterocycles. The number of hydrogen-bond acceptors (Lipinski definition) is 4. The number of hydrogen-bond donors (Lipinski definition) is 2. The molecule has 0 saturated heterocycles. The Balaban J connectivity index is 1.95. The van der Waals surface area contributed by atoms with Crippen LogP contribution < -0.4 is 10.6 Å². The monoisotopic (exact) mass is 346 g/mol. The minimum atomic E-state index is -0.491. The van der Waals surface area contributed by atoms with E-state index in [1.54, 1.807) is 6.20 Å². The number of nitrogens with one attached hydrogen (secondary N) is 2. The lowest BCUT2D eigenvalue weighted by Crippen LogP contribution is -2.48. The molecule has 2 N–H and O–H groups in total. The first-order valence-corrected chi connectivity index (χ1v) is 8.58. The van der Waals surface area contributed by atoms with Gasteiger partial charge in [0.1, 0.15) is 0 Å².